The minimum absolute atomic E-state index is 0.145. The van der Waals surface area contributed by atoms with Crippen molar-refractivity contribution in [2.45, 2.75) is 226 Å². The molecule has 0 aromatic rings. The fourth-order valence-electron chi connectivity index (χ4n) is 6.83. The molecule has 2 N–H and O–H groups in total. The highest BCUT2D eigenvalue weighted by Crippen LogP contribution is 2.43. The van der Waals surface area contributed by atoms with Crippen LogP contribution in [0.15, 0.2) is 85.1 Å². The standard InChI is InChI=1S/C56H95O11P/c1-4-7-10-13-16-19-21-23-25-26-28-30-32-35-38-41-44-47-56(60)67-53(49-63-54(58)45-42-39-36-34-31-29-27-24-22-20-17-14-11-8-5-2)51-65-68(61,62)64-50-52(48-57)66-55(59)46-43-40-37-33-18-15-12-9-6-3/h7-8,10-11,16-17,19-20,23-25,27,31,34,52-53,57H,4-6,9,12-15,18,21-22,26,28-30,32-33,35-51H2,1-3H3,(H,61,62)/b10-7-,11-8-,19-16-,20-17-,25-23-,27-24-,34-31-. The van der Waals surface area contributed by atoms with Crippen molar-refractivity contribution in [3.63, 3.8) is 0 Å². The van der Waals surface area contributed by atoms with Crippen LogP contribution in [0.5, 0.6) is 0 Å². The molecule has 11 nitrogen and oxygen atoms in total. The molecule has 0 aliphatic heterocycles. The minimum atomic E-state index is -4.75. The Morgan fingerprint density at radius 3 is 1.21 bits per heavy atom. The number of phosphoric ester groups is 1. The monoisotopic (exact) mass is 975 g/mol. The van der Waals surface area contributed by atoms with E-state index >= 15 is 0 Å². The molecule has 68 heavy (non-hydrogen) atoms. The number of aliphatic hydroxyl groups excluding tert-OH is 1. The van der Waals surface area contributed by atoms with Crippen LogP contribution < -0.4 is 0 Å². The summed E-state index contributed by atoms with van der Waals surface area (Å²) in [6.45, 7) is 4.32. The summed E-state index contributed by atoms with van der Waals surface area (Å²) in [4.78, 5) is 48.3. The van der Waals surface area contributed by atoms with Crippen molar-refractivity contribution >= 4 is 25.7 Å². The first-order valence-electron chi connectivity index (χ1n) is 26.5. The van der Waals surface area contributed by atoms with Crippen molar-refractivity contribution in [2.24, 2.45) is 0 Å². The highest BCUT2D eigenvalue weighted by atomic mass is 31.2. The molecule has 3 unspecified atom stereocenters. The maximum absolute atomic E-state index is 12.9. The number of unbranched alkanes of at least 4 members (excludes halogenated alkanes) is 17. The predicted octanol–water partition coefficient (Wildman–Crippen LogP) is 15.1. The first kappa shape index (κ1) is 64.7. The van der Waals surface area contributed by atoms with Crippen LogP contribution in [0.2, 0.25) is 0 Å². The lowest BCUT2D eigenvalue weighted by Gasteiger charge is -2.21. The molecule has 0 spiro atoms. The van der Waals surface area contributed by atoms with E-state index in [0.29, 0.717) is 19.3 Å². The molecule has 390 valence electrons. The van der Waals surface area contributed by atoms with Crippen molar-refractivity contribution in [1.29, 1.82) is 0 Å². The minimum Gasteiger partial charge on any atom is -0.462 e. The fraction of sp³-hybridized carbons (Fsp3) is 0.696. The summed E-state index contributed by atoms with van der Waals surface area (Å²) >= 11 is 0. The van der Waals surface area contributed by atoms with Crippen molar-refractivity contribution in [2.75, 3.05) is 26.4 Å². The van der Waals surface area contributed by atoms with Crippen molar-refractivity contribution in [3.8, 4) is 0 Å². The molecule has 0 fully saturated rings. The maximum Gasteiger partial charge on any atom is 0.472 e. The summed E-state index contributed by atoms with van der Waals surface area (Å²) in [7, 11) is -4.75. The largest absolute Gasteiger partial charge is 0.472 e. The Labute approximate surface area is 413 Å². The second kappa shape index (κ2) is 50.1. The summed E-state index contributed by atoms with van der Waals surface area (Å²) in [6, 6.07) is 0. The molecule has 3 atom stereocenters. The second-order valence-corrected chi connectivity index (χ2v) is 18.7. The molecule has 0 radical (unpaired) electrons. The number of carbonyl (C=O) groups excluding carboxylic acids is 3. The zero-order chi connectivity index (χ0) is 49.9. The Morgan fingerprint density at radius 2 is 0.765 bits per heavy atom. The number of allylic oxidation sites excluding steroid dienone is 14. The van der Waals surface area contributed by atoms with Crippen molar-refractivity contribution in [3.05, 3.63) is 85.1 Å². The number of hydrogen-bond acceptors (Lipinski definition) is 10. The van der Waals surface area contributed by atoms with E-state index in [1.165, 1.54) is 38.5 Å². The van der Waals surface area contributed by atoms with E-state index in [1.807, 2.05) is 0 Å². The molecule has 0 saturated carbocycles. The van der Waals surface area contributed by atoms with Gasteiger partial charge in [-0.2, -0.15) is 0 Å². The Bertz CT molecular complexity index is 1460. The van der Waals surface area contributed by atoms with E-state index in [1.54, 1.807) is 0 Å². The van der Waals surface area contributed by atoms with Gasteiger partial charge in [-0.25, -0.2) is 4.57 Å². The molecule has 0 rings (SSSR count). The Kier molecular flexibility index (Phi) is 47.6. The number of hydrogen-bond donors (Lipinski definition) is 2. The third kappa shape index (κ3) is 47.7. The van der Waals surface area contributed by atoms with Crippen LogP contribution in [0, 0.1) is 0 Å². The molecule has 0 bridgehead atoms. The molecule has 0 amide bonds. The highest BCUT2D eigenvalue weighted by molar-refractivity contribution is 7.47. The van der Waals surface area contributed by atoms with Gasteiger partial charge in [-0.1, -0.05) is 189 Å². The summed E-state index contributed by atoms with van der Waals surface area (Å²) in [6.07, 6.45) is 55.6. The highest BCUT2D eigenvalue weighted by Gasteiger charge is 2.28. The normalized spacial score (nSPS) is 14.1. The van der Waals surface area contributed by atoms with Crippen LogP contribution in [0.1, 0.15) is 213 Å². The van der Waals surface area contributed by atoms with Gasteiger partial charge in [-0.3, -0.25) is 23.4 Å². The zero-order valence-electron chi connectivity index (χ0n) is 42.8. The average molecular weight is 975 g/mol. The van der Waals surface area contributed by atoms with Gasteiger partial charge >= 0.3 is 25.7 Å². The van der Waals surface area contributed by atoms with E-state index < -0.39 is 57.8 Å². The van der Waals surface area contributed by atoms with Gasteiger partial charge in [0.25, 0.3) is 0 Å². The van der Waals surface area contributed by atoms with E-state index in [9.17, 15) is 28.9 Å². The molecule has 0 saturated heterocycles. The van der Waals surface area contributed by atoms with Gasteiger partial charge in [-0.05, 0) is 89.9 Å². The predicted molar refractivity (Wildman–Crippen MR) is 279 cm³/mol. The van der Waals surface area contributed by atoms with Gasteiger partial charge in [0.15, 0.2) is 6.10 Å². The van der Waals surface area contributed by atoms with Gasteiger partial charge in [0.05, 0.1) is 19.8 Å². The van der Waals surface area contributed by atoms with Gasteiger partial charge < -0.3 is 24.2 Å². The van der Waals surface area contributed by atoms with Crippen LogP contribution in [0.4, 0.5) is 0 Å². The van der Waals surface area contributed by atoms with Crippen LogP contribution in [0.3, 0.4) is 0 Å². The SMILES string of the molecule is CC/C=C\C/C=C\C/C=C\C/C=C\CCCCC(=O)OCC(COP(=O)(O)OCC(CO)OC(=O)CCCCCCCCCCC)OC(=O)CCCCCCCCC/C=C\C/C=C\C/C=C\CC. The maximum atomic E-state index is 12.9. The molecule has 0 aliphatic rings. The molecule has 0 aromatic heterocycles. The summed E-state index contributed by atoms with van der Waals surface area (Å²) in [5, 5.41) is 9.75. The zero-order valence-corrected chi connectivity index (χ0v) is 43.7. The molecule has 0 heterocycles. The van der Waals surface area contributed by atoms with Crippen LogP contribution in [-0.2, 0) is 42.2 Å². The van der Waals surface area contributed by atoms with Gasteiger partial charge in [-0.15, -0.1) is 0 Å². The number of esters is 3. The molecular weight excluding hydrogens is 880 g/mol. The molecule has 0 aromatic carbocycles. The lowest BCUT2D eigenvalue weighted by molar-refractivity contribution is -0.161. The van der Waals surface area contributed by atoms with E-state index in [0.717, 1.165) is 116 Å². The van der Waals surface area contributed by atoms with E-state index in [2.05, 4.69) is 106 Å². The lowest BCUT2D eigenvalue weighted by atomic mass is 10.1. The van der Waals surface area contributed by atoms with Crippen molar-refractivity contribution < 1.29 is 52.2 Å². The number of ether oxygens (including phenoxy) is 3. The summed E-state index contributed by atoms with van der Waals surface area (Å²) < 4.78 is 39.3. The second-order valence-electron chi connectivity index (χ2n) is 17.3. The molecule has 12 heteroatoms. The number of aliphatic hydroxyl groups is 1. The smallest absolute Gasteiger partial charge is 0.462 e. The van der Waals surface area contributed by atoms with Gasteiger partial charge in [0, 0.05) is 19.3 Å². The van der Waals surface area contributed by atoms with Gasteiger partial charge in [0.2, 0.25) is 0 Å². The summed E-state index contributed by atoms with van der Waals surface area (Å²) in [5.41, 5.74) is 0. The first-order chi connectivity index (χ1) is 33.2. The van der Waals surface area contributed by atoms with Crippen LogP contribution in [0.25, 0.3) is 0 Å². The fourth-order valence-corrected chi connectivity index (χ4v) is 7.61. The number of rotatable bonds is 48. The average Bonchev–Trinajstić information content (AvgIpc) is 3.32. The lowest BCUT2D eigenvalue weighted by Crippen LogP contribution is -2.30. The van der Waals surface area contributed by atoms with Gasteiger partial charge in [0.1, 0.15) is 12.7 Å². The van der Waals surface area contributed by atoms with E-state index in [-0.39, 0.29) is 25.9 Å². The first-order valence-corrected chi connectivity index (χ1v) is 28.0. The van der Waals surface area contributed by atoms with Crippen molar-refractivity contribution in [1.82, 2.24) is 0 Å². The van der Waals surface area contributed by atoms with Crippen LogP contribution in [-0.4, -0.2) is 66.5 Å². The van der Waals surface area contributed by atoms with Crippen LogP contribution >= 0.6 is 7.82 Å². The summed E-state index contributed by atoms with van der Waals surface area (Å²) in [5.74, 6) is -1.53. The Balaban J connectivity index is 4.82. The number of carbonyl (C=O) groups is 3. The molecular formula is C56H95O11P. The third-order valence-corrected chi connectivity index (χ3v) is 11.8. The third-order valence-electron chi connectivity index (χ3n) is 10.8. The Hall–Kier alpha value is -3.34. The Morgan fingerprint density at radius 1 is 0.426 bits per heavy atom. The number of phosphoric acid groups is 1. The topological polar surface area (TPSA) is 155 Å². The molecule has 0 aliphatic carbocycles. The quantitative estimate of drug-likeness (QED) is 0.0197. The van der Waals surface area contributed by atoms with E-state index in [4.69, 9.17) is 23.3 Å².